The predicted molar refractivity (Wildman–Crippen MR) is 51.3 cm³/mol. The van der Waals surface area contributed by atoms with Gasteiger partial charge < -0.3 is 12.9 Å². The maximum atomic E-state index is 12.3. The molecule has 0 aromatic heterocycles. The summed E-state index contributed by atoms with van der Waals surface area (Å²) < 4.78 is 58.8. The molecule has 0 aliphatic heterocycles. The smallest absolute Gasteiger partial charge is 0.445 e. The first-order valence-corrected chi connectivity index (χ1v) is 5.50. The average Bonchev–Trinajstić information content (AvgIpc) is 2.00. The van der Waals surface area contributed by atoms with Crippen LogP contribution in [0.25, 0.3) is 0 Å². The first-order valence-electron chi connectivity index (χ1n) is 3.95. The molecule has 3 nitrogen and oxygen atoms in total. The van der Waals surface area contributed by atoms with E-state index in [0.29, 0.717) is 6.07 Å². The molecule has 1 aromatic carbocycles. The van der Waals surface area contributed by atoms with Crippen LogP contribution in [-0.2, 0) is 10.0 Å². The van der Waals surface area contributed by atoms with Crippen molar-refractivity contribution in [1.29, 1.82) is 0 Å². The van der Waals surface area contributed by atoms with Crippen LogP contribution in [0, 0.1) is 6.92 Å². The summed E-state index contributed by atoms with van der Waals surface area (Å²) in [7, 11) is -4.11. The van der Waals surface area contributed by atoms with Crippen molar-refractivity contribution in [1.82, 2.24) is 0 Å². The van der Waals surface area contributed by atoms with Gasteiger partial charge in [0, 0.05) is 0 Å². The summed E-state index contributed by atoms with van der Waals surface area (Å²) in [5.41, 5.74) is -0.772. The van der Waals surface area contributed by atoms with Gasteiger partial charge in [-0.2, -0.15) is 0 Å². The van der Waals surface area contributed by atoms with Crippen LogP contribution in [0.1, 0.15) is 5.56 Å². The van der Waals surface area contributed by atoms with E-state index >= 15 is 0 Å². The van der Waals surface area contributed by atoms with E-state index in [2.05, 4.69) is 0 Å². The minimum Gasteiger partial charge on any atom is -0.445 e. The monoisotopic (exact) mass is 277 g/mol. The second-order valence-corrected chi connectivity index (χ2v) is 4.67. The van der Waals surface area contributed by atoms with Crippen molar-refractivity contribution in [2.45, 2.75) is 11.8 Å². The van der Waals surface area contributed by atoms with Crippen LogP contribution in [0.15, 0.2) is 23.1 Å². The van der Waals surface area contributed by atoms with Crippen LogP contribution in [0.3, 0.4) is 0 Å². The Hall–Kier alpha value is 0.621. The normalized spacial score (nSPS) is 12.1. The van der Waals surface area contributed by atoms with Gasteiger partial charge in [0.15, 0.2) is 0 Å². The van der Waals surface area contributed by atoms with Crippen molar-refractivity contribution in [3.05, 3.63) is 23.8 Å². The molecule has 0 aliphatic carbocycles. The topological polar surface area (TPSA) is 60.2 Å². The van der Waals surface area contributed by atoms with Gasteiger partial charge >= 0.3 is 58.4 Å². The zero-order valence-corrected chi connectivity index (χ0v) is 12.7. The molecule has 0 aliphatic rings. The Morgan fingerprint density at radius 2 is 1.75 bits per heavy atom. The van der Waals surface area contributed by atoms with Gasteiger partial charge in [-0.15, -0.1) is 5.46 Å². The van der Waals surface area contributed by atoms with Crippen molar-refractivity contribution >= 4 is 22.5 Å². The number of rotatable bonds is 2. The quantitative estimate of drug-likeness (QED) is 0.618. The minimum atomic E-state index is -5.21. The zero-order valence-electron chi connectivity index (χ0n) is 8.75. The fourth-order valence-electron chi connectivity index (χ4n) is 1.13. The number of sulfonamides is 1. The van der Waals surface area contributed by atoms with Crippen molar-refractivity contribution < 1.29 is 72.7 Å². The molecule has 84 valence electrons. The molecule has 9 heteroatoms. The summed E-state index contributed by atoms with van der Waals surface area (Å²) in [4.78, 5) is -0.487. The Balaban J connectivity index is 0.00000225. The molecule has 0 fully saturated rings. The van der Waals surface area contributed by atoms with Gasteiger partial charge in [-0.25, -0.2) is 13.6 Å². The van der Waals surface area contributed by atoms with E-state index in [-0.39, 0.29) is 56.9 Å². The molecule has 0 amide bonds. The number of primary sulfonamides is 1. The maximum Gasteiger partial charge on any atom is 1.00 e. The van der Waals surface area contributed by atoms with Crippen LogP contribution in [0.4, 0.5) is 12.9 Å². The minimum absolute atomic E-state index is 0. The molecule has 0 saturated carbocycles. The van der Waals surface area contributed by atoms with E-state index in [1.165, 1.54) is 6.92 Å². The van der Waals surface area contributed by atoms with Crippen molar-refractivity contribution in [2.75, 3.05) is 0 Å². The third-order valence-electron chi connectivity index (χ3n) is 1.90. The van der Waals surface area contributed by atoms with Crippen molar-refractivity contribution in [3.8, 4) is 0 Å². The van der Waals surface area contributed by atoms with Crippen LogP contribution in [-0.4, -0.2) is 15.4 Å². The van der Waals surface area contributed by atoms with E-state index in [0.717, 1.165) is 12.1 Å². The third-order valence-corrected chi connectivity index (χ3v) is 2.95. The fraction of sp³-hybridized carbons (Fsp3) is 0.143. The summed E-state index contributed by atoms with van der Waals surface area (Å²) in [6.07, 6.45) is 0. The molecule has 1 aromatic rings. The molecule has 0 spiro atoms. The van der Waals surface area contributed by atoms with Gasteiger partial charge in [0.2, 0.25) is 10.0 Å². The second kappa shape index (κ2) is 5.51. The van der Waals surface area contributed by atoms with Crippen LogP contribution < -0.4 is 62.0 Å². The summed E-state index contributed by atoms with van der Waals surface area (Å²) in [5.74, 6) is 0. The second-order valence-electron chi connectivity index (χ2n) is 3.14. The molecule has 0 bridgehead atoms. The maximum absolute atomic E-state index is 12.3. The fourth-order valence-corrected chi connectivity index (χ4v) is 1.94. The summed E-state index contributed by atoms with van der Waals surface area (Å²) >= 11 is 0. The molecular formula is C7H8BF3KNO2S. The zero-order chi connectivity index (χ0) is 11.9. The number of benzene rings is 1. The number of aryl methyl sites for hydroxylation is 1. The van der Waals surface area contributed by atoms with E-state index in [1.807, 2.05) is 0 Å². The molecule has 0 unspecified atom stereocenters. The molecule has 0 heterocycles. The van der Waals surface area contributed by atoms with Gasteiger partial charge in [0.25, 0.3) is 0 Å². The van der Waals surface area contributed by atoms with E-state index in [9.17, 15) is 21.4 Å². The van der Waals surface area contributed by atoms with E-state index in [1.54, 1.807) is 0 Å². The van der Waals surface area contributed by atoms with Gasteiger partial charge in [0.1, 0.15) is 0 Å². The first kappa shape index (κ1) is 16.6. The number of nitrogens with two attached hydrogens (primary N) is 1. The van der Waals surface area contributed by atoms with Crippen molar-refractivity contribution in [2.24, 2.45) is 5.14 Å². The first-order chi connectivity index (χ1) is 6.62. The van der Waals surface area contributed by atoms with Crippen LogP contribution >= 0.6 is 0 Å². The molecule has 16 heavy (non-hydrogen) atoms. The number of hydrogen-bond acceptors (Lipinski definition) is 2. The van der Waals surface area contributed by atoms with E-state index in [4.69, 9.17) is 5.14 Å². The Kier molecular flexibility index (Phi) is 5.72. The number of hydrogen-bond donors (Lipinski definition) is 1. The van der Waals surface area contributed by atoms with E-state index < -0.39 is 27.4 Å². The Labute approximate surface area is 134 Å². The molecule has 0 atom stereocenters. The SMILES string of the molecule is Cc1ccc([B-](F)(F)F)cc1S(N)(=O)=O.[K+]. The third kappa shape index (κ3) is 4.13. The van der Waals surface area contributed by atoms with Crippen molar-refractivity contribution in [3.63, 3.8) is 0 Å². The Morgan fingerprint density at radius 3 is 2.12 bits per heavy atom. The summed E-state index contributed by atoms with van der Waals surface area (Å²) in [6, 6.07) is 2.49. The molecule has 0 radical (unpaired) electrons. The molecular weight excluding hydrogens is 269 g/mol. The van der Waals surface area contributed by atoms with Gasteiger partial charge in [0.05, 0.1) is 4.90 Å². The summed E-state index contributed by atoms with van der Waals surface area (Å²) in [5, 5.41) is 4.78. The number of halogens is 3. The average molecular weight is 277 g/mol. The Bertz CT molecular complexity index is 489. The van der Waals surface area contributed by atoms with Crippen LogP contribution in [0.5, 0.6) is 0 Å². The van der Waals surface area contributed by atoms with Gasteiger partial charge in [-0.3, -0.25) is 0 Å². The Morgan fingerprint density at radius 1 is 1.25 bits per heavy atom. The predicted octanol–water partition coefficient (Wildman–Crippen LogP) is -2.30. The molecule has 1 rings (SSSR count). The molecule has 2 N–H and O–H groups in total. The largest absolute Gasteiger partial charge is 1.00 e. The van der Waals surface area contributed by atoms with Crippen LogP contribution in [0.2, 0.25) is 0 Å². The summed E-state index contributed by atoms with van der Waals surface area (Å²) in [6.45, 7) is -3.83. The van der Waals surface area contributed by atoms with Gasteiger partial charge in [-0.1, -0.05) is 18.2 Å². The molecule has 0 saturated heterocycles. The standard InChI is InChI=1S/C7H8BF3NO2S.K/c1-5-2-3-6(8(9,10)11)4-7(5)15(12,13)14;/h2-4H,1H3,(H2,12,13,14);/q-1;+1. The van der Waals surface area contributed by atoms with Gasteiger partial charge in [-0.05, 0) is 12.5 Å².